The summed E-state index contributed by atoms with van der Waals surface area (Å²) in [5.74, 6) is 0.419. The smallest absolute Gasteiger partial charge is 0.284 e. The molecule has 26 heavy (non-hydrogen) atoms. The number of ether oxygens (including phenoxy) is 1. The molecule has 1 N–H and O–H groups in total. The van der Waals surface area contributed by atoms with Crippen LogP contribution in [0.3, 0.4) is 0 Å². The van der Waals surface area contributed by atoms with Crippen LogP contribution in [0.15, 0.2) is 56.8 Å². The molecule has 3 rings (SSSR count). The summed E-state index contributed by atoms with van der Waals surface area (Å²) < 4.78 is 5.47. The molecule has 0 aliphatic carbocycles. The number of benzene rings is 2. The average Bonchev–Trinajstić information content (AvgIpc) is 2.96. The molecule has 1 aliphatic heterocycles. The van der Waals surface area contributed by atoms with Gasteiger partial charge in [0.05, 0.1) is 27.1 Å². The third-order valence-corrected chi connectivity index (χ3v) is 5.00. The minimum absolute atomic E-state index is 0.0603. The first-order valence-electron chi connectivity index (χ1n) is 7.34. The fourth-order valence-electron chi connectivity index (χ4n) is 2.17. The number of carbonyl (C=O) groups is 1. The Morgan fingerprint density at radius 3 is 2.65 bits per heavy atom. The number of hydrogen-bond acceptors (Lipinski definition) is 6. The van der Waals surface area contributed by atoms with Gasteiger partial charge in [-0.2, -0.15) is 0 Å². The number of aliphatic imine (C=N–C) groups is 1. The van der Waals surface area contributed by atoms with Gasteiger partial charge in [-0.05, 0) is 69.7 Å². The van der Waals surface area contributed by atoms with E-state index in [2.05, 4.69) is 26.2 Å². The number of amides is 1. The molecule has 0 spiro atoms. The van der Waals surface area contributed by atoms with Crippen molar-refractivity contribution in [3.05, 3.63) is 67.5 Å². The Kier molecular flexibility index (Phi) is 5.38. The van der Waals surface area contributed by atoms with Crippen molar-refractivity contribution in [2.24, 2.45) is 4.99 Å². The molecule has 1 heterocycles. The van der Waals surface area contributed by atoms with E-state index in [9.17, 15) is 14.9 Å². The predicted molar refractivity (Wildman–Crippen MR) is 105 cm³/mol. The summed E-state index contributed by atoms with van der Waals surface area (Å²) in [7, 11) is 1.58. The normalized spacial score (nSPS) is 16.8. The molecular formula is C17H12BrN3O4S. The zero-order valence-corrected chi connectivity index (χ0v) is 15.8. The molecule has 132 valence electrons. The van der Waals surface area contributed by atoms with Crippen molar-refractivity contribution in [1.82, 2.24) is 5.32 Å². The van der Waals surface area contributed by atoms with Gasteiger partial charge in [0.2, 0.25) is 0 Å². The van der Waals surface area contributed by atoms with E-state index in [1.807, 2.05) is 0 Å². The van der Waals surface area contributed by atoms with Gasteiger partial charge in [-0.15, -0.1) is 0 Å². The van der Waals surface area contributed by atoms with Gasteiger partial charge < -0.3 is 10.1 Å². The Balaban J connectivity index is 1.83. The molecule has 0 aromatic heterocycles. The lowest BCUT2D eigenvalue weighted by Gasteiger charge is -2.00. The lowest BCUT2D eigenvalue weighted by Crippen LogP contribution is -2.19. The number of nitro groups is 1. The number of nitrogens with one attached hydrogen (secondary N) is 1. The second-order valence-corrected chi connectivity index (χ2v) is 7.03. The first-order valence-corrected chi connectivity index (χ1v) is 8.95. The third kappa shape index (κ3) is 4.12. The molecule has 1 saturated heterocycles. The Bertz CT molecular complexity index is 942. The molecule has 1 aliphatic rings. The predicted octanol–water partition coefficient (Wildman–Crippen LogP) is 4.26. The van der Waals surface area contributed by atoms with Gasteiger partial charge in [0.15, 0.2) is 5.17 Å². The van der Waals surface area contributed by atoms with Gasteiger partial charge in [0, 0.05) is 6.07 Å². The molecule has 9 heteroatoms. The molecule has 0 bridgehead atoms. The van der Waals surface area contributed by atoms with E-state index in [1.54, 1.807) is 49.6 Å². The lowest BCUT2D eigenvalue weighted by atomic mass is 10.2. The number of nitro benzene ring substituents is 1. The van der Waals surface area contributed by atoms with Crippen LogP contribution in [-0.2, 0) is 4.79 Å². The quantitative estimate of drug-likeness (QED) is 0.441. The molecule has 7 nitrogen and oxygen atoms in total. The van der Waals surface area contributed by atoms with Gasteiger partial charge >= 0.3 is 0 Å². The summed E-state index contributed by atoms with van der Waals surface area (Å²) in [5.41, 5.74) is 1.17. The maximum atomic E-state index is 12.1. The first-order chi connectivity index (χ1) is 12.5. The molecule has 2 aromatic carbocycles. The van der Waals surface area contributed by atoms with Crippen molar-refractivity contribution < 1.29 is 14.5 Å². The van der Waals surface area contributed by atoms with Crippen molar-refractivity contribution >= 4 is 56.2 Å². The molecule has 0 radical (unpaired) electrons. The van der Waals surface area contributed by atoms with Gasteiger partial charge in [0.25, 0.3) is 11.6 Å². The number of thioether (sulfide) groups is 1. The van der Waals surface area contributed by atoms with Crippen molar-refractivity contribution in [3.63, 3.8) is 0 Å². The van der Waals surface area contributed by atoms with Crippen LogP contribution >= 0.6 is 27.7 Å². The Morgan fingerprint density at radius 2 is 2.00 bits per heavy atom. The fourth-order valence-corrected chi connectivity index (χ4v) is 3.40. The Morgan fingerprint density at radius 1 is 1.27 bits per heavy atom. The summed E-state index contributed by atoms with van der Waals surface area (Å²) in [5, 5.41) is 14.1. The van der Waals surface area contributed by atoms with Gasteiger partial charge in [-0.25, -0.2) is 4.99 Å². The lowest BCUT2D eigenvalue weighted by molar-refractivity contribution is -0.385. The van der Waals surface area contributed by atoms with E-state index >= 15 is 0 Å². The zero-order chi connectivity index (χ0) is 18.7. The number of amidine groups is 1. The van der Waals surface area contributed by atoms with E-state index in [0.29, 0.717) is 25.8 Å². The minimum Gasteiger partial charge on any atom is -0.497 e. The summed E-state index contributed by atoms with van der Waals surface area (Å²) in [6, 6.07) is 11.8. The maximum Gasteiger partial charge on any atom is 0.284 e. The van der Waals surface area contributed by atoms with Crippen molar-refractivity contribution in [1.29, 1.82) is 0 Å². The van der Waals surface area contributed by atoms with E-state index in [4.69, 9.17) is 4.74 Å². The monoisotopic (exact) mass is 433 g/mol. The number of rotatable bonds is 4. The number of halogens is 1. The van der Waals surface area contributed by atoms with Crippen molar-refractivity contribution in [3.8, 4) is 5.75 Å². The summed E-state index contributed by atoms with van der Waals surface area (Å²) in [6.45, 7) is 0. The highest BCUT2D eigenvalue weighted by atomic mass is 79.9. The van der Waals surface area contributed by atoms with E-state index in [-0.39, 0.29) is 11.6 Å². The Labute approximate surface area is 161 Å². The maximum absolute atomic E-state index is 12.1. The average molecular weight is 434 g/mol. The molecule has 2 aromatic rings. The number of hydrogen-bond donors (Lipinski definition) is 1. The zero-order valence-electron chi connectivity index (χ0n) is 13.4. The topological polar surface area (TPSA) is 93.8 Å². The highest BCUT2D eigenvalue weighted by Crippen LogP contribution is 2.31. The van der Waals surface area contributed by atoms with Crippen molar-refractivity contribution in [2.45, 2.75) is 0 Å². The van der Waals surface area contributed by atoms with E-state index < -0.39 is 4.92 Å². The van der Waals surface area contributed by atoms with Crippen LogP contribution in [0.25, 0.3) is 6.08 Å². The van der Waals surface area contributed by atoms with Crippen LogP contribution < -0.4 is 10.1 Å². The van der Waals surface area contributed by atoms with Crippen LogP contribution in [0.2, 0.25) is 0 Å². The highest BCUT2D eigenvalue weighted by Gasteiger charge is 2.24. The fraction of sp³-hybridized carbons (Fsp3) is 0.0588. The van der Waals surface area contributed by atoms with E-state index in [1.165, 1.54) is 17.8 Å². The van der Waals surface area contributed by atoms with Gasteiger partial charge in [0.1, 0.15) is 5.75 Å². The van der Waals surface area contributed by atoms with Crippen molar-refractivity contribution in [2.75, 3.05) is 7.11 Å². The summed E-state index contributed by atoms with van der Waals surface area (Å²) in [4.78, 5) is 27.4. The number of methoxy groups -OCH3 is 1. The van der Waals surface area contributed by atoms with E-state index in [0.717, 1.165) is 5.75 Å². The summed E-state index contributed by atoms with van der Waals surface area (Å²) >= 11 is 4.31. The molecule has 1 amide bonds. The standard InChI is InChI=1S/C17H12BrN3O4S/c1-25-12-5-3-11(4-6-12)19-17-20-16(22)15(26-17)9-10-2-7-13(18)14(8-10)21(23)24/h2-9H,1H3,(H,19,20,22)/b15-9+. The number of nitrogens with zero attached hydrogens (tertiary/aromatic N) is 2. The summed E-state index contributed by atoms with van der Waals surface area (Å²) in [6.07, 6.45) is 1.59. The first kappa shape index (κ1) is 18.2. The van der Waals surface area contributed by atoms with Gasteiger partial charge in [-0.3, -0.25) is 14.9 Å². The minimum atomic E-state index is -0.482. The molecular weight excluding hydrogens is 422 g/mol. The second-order valence-electron chi connectivity index (χ2n) is 5.15. The number of carbonyl (C=O) groups excluding carboxylic acids is 1. The molecule has 0 unspecified atom stereocenters. The van der Waals surface area contributed by atoms with Crippen LogP contribution in [0.5, 0.6) is 5.75 Å². The molecule has 0 saturated carbocycles. The van der Waals surface area contributed by atoms with Gasteiger partial charge in [-0.1, -0.05) is 6.07 Å². The third-order valence-electron chi connectivity index (χ3n) is 3.42. The molecule has 0 atom stereocenters. The second kappa shape index (κ2) is 7.71. The molecule has 1 fully saturated rings. The largest absolute Gasteiger partial charge is 0.497 e. The van der Waals surface area contributed by atoms with Crippen LogP contribution in [0.1, 0.15) is 5.56 Å². The Hall–Kier alpha value is -2.65. The van der Waals surface area contributed by atoms with Crippen LogP contribution in [0, 0.1) is 10.1 Å². The highest BCUT2D eigenvalue weighted by molar-refractivity contribution is 9.10. The van der Waals surface area contributed by atoms with Crippen LogP contribution in [0.4, 0.5) is 11.4 Å². The van der Waals surface area contributed by atoms with Crippen LogP contribution in [-0.4, -0.2) is 23.1 Å². The SMILES string of the molecule is COc1ccc(N=C2NC(=O)/C(=C\c3ccc(Br)c([N+](=O)[O-])c3)S2)cc1.